The number of nitrogens with one attached hydrogen (secondary N) is 2. The van der Waals surface area contributed by atoms with Gasteiger partial charge in [-0.05, 0) is 36.3 Å². The highest BCUT2D eigenvalue weighted by atomic mass is 32.1. The van der Waals surface area contributed by atoms with Gasteiger partial charge in [0.2, 0.25) is 0 Å². The van der Waals surface area contributed by atoms with E-state index in [0.717, 1.165) is 6.42 Å². The molecule has 3 nitrogen and oxygen atoms in total. The fourth-order valence-corrected chi connectivity index (χ4v) is 1.96. The molecule has 0 heterocycles. The Hall–Kier alpha value is -2.14. The predicted octanol–water partition coefficient (Wildman–Crippen LogP) is 3.06. The SMILES string of the molecule is Oc1c(F)cccc1NC(=S)NCCc1ccccc1. The smallest absolute Gasteiger partial charge is 0.175 e. The van der Waals surface area contributed by atoms with Crippen molar-refractivity contribution >= 4 is 23.0 Å². The second-order valence-corrected chi connectivity index (χ2v) is 4.66. The van der Waals surface area contributed by atoms with Crippen LogP contribution >= 0.6 is 12.2 Å². The fourth-order valence-electron chi connectivity index (χ4n) is 1.75. The summed E-state index contributed by atoms with van der Waals surface area (Å²) in [7, 11) is 0. The van der Waals surface area contributed by atoms with Gasteiger partial charge in [-0.1, -0.05) is 36.4 Å². The van der Waals surface area contributed by atoms with Crippen LogP contribution in [0.1, 0.15) is 5.56 Å². The zero-order chi connectivity index (χ0) is 14.4. The number of benzene rings is 2. The van der Waals surface area contributed by atoms with Gasteiger partial charge in [0.15, 0.2) is 16.7 Å². The third-order valence-electron chi connectivity index (χ3n) is 2.78. The van der Waals surface area contributed by atoms with Crippen molar-refractivity contribution in [1.29, 1.82) is 0 Å². The van der Waals surface area contributed by atoms with Gasteiger partial charge in [-0.3, -0.25) is 0 Å². The van der Waals surface area contributed by atoms with Gasteiger partial charge in [0.05, 0.1) is 5.69 Å². The summed E-state index contributed by atoms with van der Waals surface area (Å²) in [6, 6.07) is 14.3. The largest absolute Gasteiger partial charge is 0.503 e. The van der Waals surface area contributed by atoms with E-state index in [1.807, 2.05) is 30.3 Å². The molecule has 104 valence electrons. The maximum absolute atomic E-state index is 13.1. The number of rotatable bonds is 4. The molecule has 0 fully saturated rings. The van der Waals surface area contributed by atoms with Crippen LogP contribution in [-0.2, 0) is 6.42 Å². The van der Waals surface area contributed by atoms with Gasteiger partial charge < -0.3 is 15.7 Å². The summed E-state index contributed by atoms with van der Waals surface area (Å²) in [5.74, 6) is -1.11. The maximum atomic E-state index is 13.1. The summed E-state index contributed by atoms with van der Waals surface area (Å²) in [6.07, 6.45) is 0.831. The number of phenolic OH excluding ortho intramolecular Hbond substituents is 1. The molecule has 0 aromatic heterocycles. The first-order valence-electron chi connectivity index (χ1n) is 6.23. The summed E-state index contributed by atoms with van der Waals surface area (Å²) in [4.78, 5) is 0. The lowest BCUT2D eigenvalue weighted by atomic mass is 10.1. The van der Waals surface area contributed by atoms with Crippen molar-refractivity contribution in [3.63, 3.8) is 0 Å². The number of thiocarbonyl (C=S) groups is 1. The summed E-state index contributed by atoms with van der Waals surface area (Å²) in [5, 5.41) is 15.7. The number of anilines is 1. The Kier molecular flexibility index (Phi) is 4.90. The molecule has 3 N–H and O–H groups in total. The molecule has 2 aromatic rings. The van der Waals surface area contributed by atoms with Crippen molar-refractivity contribution in [2.24, 2.45) is 0 Å². The summed E-state index contributed by atoms with van der Waals surface area (Å²) in [5.41, 5.74) is 1.46. The average molecular weight is 290 g/mol. The van der Waals surface area contributed by atoms with Crippen molar-refractivity contribution in [1.82, 2.24) is 5.32 Å². The van der Waals surface area contributed by atoms with Crippen LogP contribution in [0.2, 0.25) is 0 Å². The molecule has 0 aliphatic rings. The van der Waals surface area contributed by atoms with E-state index in [9.17, 15) is 9.50 Å². The molecule has 0 radical (unpaired) electrons. The first-order valence-corrected chi connectivity index (χ1v) is 6.64. The number of para-hydroxylation sites is 1. The molecule has 0 atom stereocenters. The third kappa shape index (κ3) is 3.93. The standard InChI is InChI=1S/C15H15FN2OS/c16-12-7-4-8-13(14(12)19)18-15(20)17-10-9-11-5-2-1-3-6-11/h1-8,19H,9-10H2,(H2,17,18,20). The topological polar surface area (TPSA) is 44.3 Å². The van der Waals surface area contributed by atoms with E-state index in [1.54, 1.807) is 6.07 Å². The van der Waals surface area contributed by atoms with Gasteiger partial charge in [0.1, 0.15) is 0 Å². The Bertz CT molecular complexity index is 590. The number of hydrogen-bond acceptors (Lipinski definition) is 2. The van der Waals surface area contributed by atoms with Crippen LogP contribution in [0.5, 0.6) is 5.75 Å². The molecule has 0 unspecified atom stereocenters. The number of aromatic hydroxyl groups is 1. The molecule has 0 saturated carbocycles. The van der Waals surface area contributed by atoms with E-state index in [4.69, 9.17) is 12.2 Å². The highest BCUT2D eigenvalue weighted by molar-refractivity contribution is 7.80. The van der Waals surface area contributed by atoms with E-state index < -0.39 is 11.6 Å². The second-order valence-electron chi connectivity index (χ2n) is 4.25. The lowest BCUT2D eigenvalue weighted by Gasteiger charge is -2.11. The van der Waals surface area contributed by atoms with Gasteiger partial charge in [0, 0.05) is 6.54 Å². The van der Waals surface area contributed by atoms with Gasteiger partial charge in [0.25, 0.3) is 0 Å². The molecule has 0 spiro atoms. The zero-order valence-electron chi connectivity index (χ0n) is 10.8. The molecule has 0 aliphatic heterocycles. The third-order valence-corrected chi connectivity index (χ3v) is 3.02. The Balaban J connectivity index is 1.82. The molecule has 0 aliphatic carbocycles. The summed E-state index contributed by atoms with van der Waals surface area (Å²) < 4.78 is 13.1. The monoisotopic (exact) mass is 290 g/mol. The average Bonchev–Trinajstić information content (AvgIpc) is 2.45. The van der Waals surface area contributed by atoms with Gasteiger partial charge in [-0.25, -0.2) is 4.39 Å². The van der Waals surface area contributed by atoms with E-state index in [0.29, 0.717) is 11.7 Å². The Morgan fingerprint density at radius 1 is 1.10 bits per heavy atom. The van der Waals surface area contributed by atoms with Crippen molar-refractivity contribution < 1.29 is 9.50 Å². The molecule has 2 rings (SSSR count). The highest BCUT2D eigenvalue weighted by Gasteiger charge is 2.07. The Morgan fingerprint density at radius 2 is 1.85 bits per heavy atom. The normalized spacial score (nSPS) is 10.1. The number of halogens is 1. The molecule has 0 saturated heterocycles. The van der Waals surface area contributed by atoms with Crippen molar-refractivity contribution in [3.05, 3.63) is 59.9 Å². The van der Waals surface area contributed by atoms with Crippen molar-refractivity contribution in [2.75, 3.05) is 11.9 Å². The first kappa shape index (κ1) is 14.3. The molecular weight excluding hydrogens is 275 g/mol. The minimum absolute atomic E-state index is 0.252. The molecular formula is C15H15FN2OS. The number of phenols is 1. The summed E-state index contributed by atoms with van der Waals surface area (Å²) in [6.45, 7) is 0.659. The van der Waals surface area contributed by atoms with Crippen LogP contribution in [0.15, 0.2) is 48.5 Å². The van der Waals surface area contributed by atoms with E-state index in [1.165, 1.54) is 17.7 Å². The van der Waals surface area contributed by atoms with E-state index in [2.05, 4.69) is 10.6 Å². The Labute approximate surface area is 122 Å². The van der Waals surface area contributed by atoms with Gasteiger partial charge >= 0.3 is 0 Å². The highest BCUT2D eigenvalue weighted by Crippen LogP contribution is 2.25. The Morgan fingerprint density at radius 3 is 2.60 bits per heavy atom. The van der Waals surface area contributed by atoms with Crippen LogP contribution in [0.25, 0.3) is 0 Å². The fraction of sp³-hybridized carbons (Fsp3) is 0.133. The molecule has 2 aromatic carbocycles. The zero-order valence-corrected chi connectivity index (χ0v) is 11.6. The lowest BCUT2D eigenvalue weighted by Crippen LogP contribution is -2.30. The molecule has 0 amide bonds. The summed E-state index contributed by atoms with van der Waals surface area (Å²) >= 11 is 5.10. The maximum Gasteiger partial charge on any atom is 0.175 e. The molecule has 5 heteroatoms. The van der Waals surface area contributed by atoms with Crippen LogP contribution in [0, 0.1) is 5.82 Å². The van der Waals surface area contributed by atoms with Crippen LogP contribution in [-0.4, -0.2) is 16.8 Å². The van der Waals surface area contributed by atoms with Crippen molar-refractivity contribution in [3.8, 4) is 5.75 Å². The van der Waals surface area contributed by atoms with E-state index >= 15 is 0 Å². The molecule has 0 bridgehead atoms. The quantitative estimate of drug-likeness (QED) is 0.598. The number of hydrogen-bond donors (Lipinski definition) is 3. The van der Waals surface area contributed by atoms with Crippen LogP contribution in [0.3, 0.4) is 0 Å². The lowest BCUT2D eigenvalue weighted by molar-refractivity contribution is 0.435. The first-order chi connectivity index (χ1) is 9.66. The minimum atomic E-state index is -0.679. The van der Waals surface area contributed by atoms with Crippen molar-refractivity contribution in [2.45, 2.75) is 6.42 Å². The van der Waals surface area contributed by atoms with E-state index in [-0.39, 0.29) is 5.69 Å². The minimum Gasteiger partial charge on any atom is -0.503 e. The van der Waals surface area contributed by atoms with Crippen LogP contribution < -0.4 is 10.6 Å². The predicted molar refractivity (Wildman–Crippen MR) is 82.4 cm³/mol. The van der Waals surface area contributed by atoms with Gasteiger partial charge in [-0.15, -0.1) is 0 Å². The van der Waals surface area contributed by atoms with Crippen LogP contribution in [0.4, 0.5) is 10.1 Å². The molecule has 20 heavy (non-hydrogen) atoms. The second kappa shape index (κ2) is 6.86. The van der Waals surface area contributed by atoms with Gasteiger partial charge in [-0.2, -0.15) is 0 Å².